The van der Waals surface area contributed by atoms with Crippen molar-refractivity contribution >= 4 is 0 Å². The van der Waals surface area contributed by atoms with Crippen molar-refractivity contribution < 1.29 is 9.84 Å². The predicted molar refractivity (Wildman–Crippen MR) is 63.7 cm³/mol. The van der Waals surface area contributed by atoms with Crippen molar-refractivity contribution in [1.29, 1.82) is 0 Å². The second-order valence-corrected chi connectivity index (χ2v) is 4.61. The van der Waals surface area contributed by atoms with Crippen LogP contribution in [0.5, 0.6) is 5.75 Å². The average Bonchev–Trinajstić information content (AvgIpc) is 2.57. The van der Waals surface area contributed by atoms with Crippen LogP contribution in [0.25, 0.3) is 0 Å². The molecule has 1 heterocycles. The van der Waals surface area contributed by atoms with Crippen LogP contribution in [0.2, 0.25) is 0 Å². The molecule has 0 saturated carbocycles. The third-order valence-electron chi connectivity index (χ3n) is 3.13. The van der Waals surface area contributed by atoms with Gasteiger partial charge in [-0.2, -0.15) is 0 Å². The van der Waals surface area contributed by atoms with Crippen LogP contribution in [0, 0.1) is 6.92 Å². The lowest BCUT2D eigenvalue weighted by molar-refractivity contribution is 0.182. The van der Waals surface area contributed by atoms with Crippen molar-refractivity contribution in [3.8, 4) is 5.75 Å². The van der Waals surface area contributed by atoms with Gasteiger partial charge in [0.1, 0.15) is 12.4 Å². The molecule has 0 aliphatic carbocycles. The fraction of sp³-hybridized carbons (Fsp3) is 0.538. The number of nitrogens with zero attached hydrogens (tertiary/aromatic N) is 1. The van der Waals surface area contributed by atoms with Gasteiger partial charge in [0.05, 0.1) is 6.10 Å². The molecular formula is C13H19NO2. The molecule has 0 spiro atoms. The third-order valence-corrected chi connectivity index (χ3v) is 3.13. The zero-order valence-electron chi connectivity index (χ0n) is 9.89. The number of likely N-dealkylation sites (N-methyl/N-ethyl adjacent to an activating group) is 1. The Morgan fingerprint density at radius 1 is 1.38 bits per heavy atom. The second-order valence-electron chi connectivity index (χ2n) is 4.61. The van der Waals surface area contributed by atoms with Gasteiger partial charge in [-0.05, 0) is 32.5 Å². The molecule has 1 saturated heterocycles. The summed E-state index contributed by atoms with van der Waals surface area (Å²) < 4.78 is 5.71. The number of likely N-dealkylation sites (tertiary alicyclic amines) is 1. The van der Waals surface area contributed by atoms with Crippen LogP contribution < -0.4 is 4.74 Å². The maximum atomic E-state index is 9.51. The van der Waals surface area contributed by atoms with E-state index in [0.717, 1.165) is 18.7 Å². The molecule has 1 aromatic rings. The Labute approximate surface area is 96.6 Å². The third kappa shape index (κ3) is 2.74. The fourth-order valence-corrected chi connectivity index (χ4v) is 2.07. The van der Waals surface area contributed by atoms with Crippen LogP contribution in [0.15, 0.2) is 24.3 Å². The van der Waals surface area contributed by atoms with Gasteiger partial charge in [-0.25, -0.2) is 0 Å². The molecule has 0 aromatic heterocycles. The minimum atomic E-state index is -0.198. The molecule has 88 valence electrons. The van der Waals surface area contributed by atoms with Crippen LogP contribution in [0.1, 0.15) is 12.0 Å². The van der Waals surface area contributed by atoms with Gasteiger partial charge >= 0.3 is 0 Å². The van der Waals surface area contributed by atoms with Gasteiger partial charge in [0.25, 0.3) is 0 Å². The first-order chi connectivity index (χ1) is 7.65. The molecule has 2 rings (SSSR count). The topological polar surface area (TPSA) is 32.7 Å². The fourth-order valence-electron chi connectivity index (χ4n) is 2.07. The predicted octanol–water partition coefficient (Wildman–Crippen LogP) is 1.44. The number of hydrogen-bond acceptors (Lipinski definition) is 3. The van der Waals surface area contributed by atoms with E-state index >= 15 is 0 Å². The lowest BCUT2D eigenvalue weighted by Gasteiger charge is -2.19. The normalized spacial score (nSPS) is 25.9. The molecular weight excluding hydrogens is 202 g/mol. The molecule has 2 atom stereocenters. The maximum absolute atomic E-state index is 9.51. The maximum Gasteiger partial charge on any atom is 0.119 e. The molecule has 0 radical (unpaired) electrons. The molecule has 0 unspecified atom stereocenters. The molecule has 0 amide bonds. The van der Waals surface area contributed by atoms with Crippen molar-refractivity contribution in [1.82, 2.24) is 4.90 Å². The van der Waals surface area contributed by atoms with Gasteiger partial charge < -0.3 is 9.84 Å². The summed E-state index contributed by atoms with van der Waals surface area (Å²) in [7, 11) is 2.03. The summed E-state index contributed by atoms with van der Waals surface area (Å²) in [4.78, 5) is 2.15. The SMILES string of the molecule is Cc1ccc(OC[C@@H]2C[C@H](O)CN2C)cc1. The number of aliphatic hydroxyl groups excluding tert-OH is 1. The van der Waals surface area contributed by atoms with E-state index in [-0.39, 0.29) is 6.10 Å². The highest BCUT2D eigenvalue weighted by Crippen LogP contribution is 2.18. The van der Waals surface area contributed by atoms with E-state index in [1.165, 1.54) is 5.56 Å². The Hall–Kier alpha value is -1.06. The Balaban J connectivity index is 1.85. The van der Waals surface area contributed by atoms with E-state index in [0.29, 0.717) is 12.6 Å². The van der Waals surface area contributed by atoms with Crippen molar-refractivity contribution in [3.63, 3.8) is 0 Å². The van der Waals surface area contributed by atoms with Crippen molar-refractivity contribution in [3.05, 3.63) is 29.8 Å². The highest BCUT2D eigenvalue weighted by molar-refractivity contribution is 5.26. The largest absolute Gasteiger partial charge is 0.492 e. The van der Waals surface area contributed by atoms with Gasteiger partial charge in [0.2, 0.25) is 0 Å². The van der Waals surface area contributed by atoms with Gasteiger partial charge in [0, 0.05) is 12.6 Å². The summed E-state index contributed by atoms with van der Waals surface area (Å²) in [6.07, 6.45) is 0.610. The van der Waals surface area contributed by atoms with Crippen molar-refractivity contribution in [2.24, 2.45) is 0 Å². The molecule has 0 bridgehead atoms. The number of β-amino-alcohol motifs (C(OH)–C–C–N with tert-alkyl or cyclic N) is 1. The number of ether oxygens (including phenoxy) is 1. The summed E-state index contributed by atoms with van der Waals surface area (Å²) in [6, 6.07) is 8.39. The number of aliphatic hydroxyl groups is 1. The highest BCUT2D eigenvalue weighted by Gasteiger charge is 2.28. The molecule has 1 aliphatic rings. The average molecular weight is 221 g/mol. The summed E-state index contributed by atoms with van der Waals surface area (Å²) in [5.74, 6) is 0.903. The number of aryl methyl sites for hydroxylation is 1. The molecule has 16 heavy (non-hydrogen) atoms. The van der Waals surface area contributed by atoms with Crippen LogP contribution in [0.3, 0.4) is 0 Å². The summed E-state index contributed by atoms with van der Waals surface area (Å²) >= 11 is 0. The monoisotopic (exact) mass is 221 g/mol. The zero-order chi connectivity index (χ0) is 11.5. The standard InChI is InChI=1S/C13H19NO2/c1-10-3-5-13(6-4-10)16-9-11-7-12(15)8-14(11)2/h3-6,11-12,15H,7-9H2,1-2H3/t11-,12-/m0/s1. The van der Waals surface area contributed by atoms with Crippen molar-refractivity contribution in [2.75, 3.05) is 20.2 Å². The first-order valence-corrected chi connectivity index (χ1v) is 5.73. The van der Waals surface area contributed by atoms with Gasteiger partial charge in [-0.15, -0.1) is 0 Å². The number of benzene rings is 1. The number of rotatable bonds is 3. The smallest absolute Gasteiger partial charge is 0.119 e. The minimum Gasteiger partial charge on any atom is -0.492 e. The Kier molecular flexibility index (Phi) is 3.46. The summed E-state index contributed by atoms with van der Waals surface area (Å²) in [6.45, 7) is 3.46. The van der Waals surface area contributed by atoms with Gasteiger partial charge in [-0.3, -0.25) is 4.90 Å². The van der Waals surface area contributed by atoms with E-state index in [1.807, 2.05) is 31.3 Å². The molecule has 1 aromatic carbocycles. The van der Waals surface area contributed by atoms with Crippen molar-refractivity contribution in [2.45, 2.75) is 25.5 Å². The van der Waals surface area contributed by atoms with E-state index in [9.17, 15) is 5.11 Å². The van der Waals surface area contributed by atoms with Gasteiger partial charge in [0.15, 0.2) is 0 Å². The first kappa shape index (κ1) is 11.4. The van der Waals surface area contributed by atoms with Gasteiger partial charge in [-0.1, -0.05) is 17.7 Å². The number of hydrogen-bond donors (Lipinski definition) is 1. The quantitative estimate of drug-likeness (QED) is 0.838. The molecule has 1 fully saturated rings. The Bertz CT molecular complexity index is 336. The molecule has 3 nitrogen and oxygen atoms in total. The first-order valence-electron chi connectivity index (χ1n) is 5.73. The van der Waals surface area contributed by atoms with Crippen LogP contribution in [0.4, 0.5) is 0 Å². The van der Waals surface area contributed by atoms with Crippen LogP contribution >= 0.6 is 0 Å². The van der Waals surface area contributed by atoms with E-state index in [4.69, 9.17) is 4.74 Å². The summed E-state index contributed by atoms with van der Waals surface area (Å²) in [5, 5.41) is 9.51. The van der Waals surface area contributed by atoms with E-state index in [1.54, 1.807) is 0 Å². The molecule has 3 heteroatoms. The summed E-state index contributed by atoms with van der Waals surface area (Å²) in [5.41, 5.74) is 1.24. The Morgan fingerprint density at radius 3 is 2.62 bits per heavy atom. The van der Waals surface area contributed by atoms with E-state index in [2.05, 4.69) is 11.8 Å². The second kappa shape index (κ2) is 4.85. The lowest BCUT2D eigenvalue weighted by Crippen LogP contribution is -2.30. The van der Waals surface area contributed by atoms with Crippen LogP contribution in [-0.4, -0.2) is 42.4 Å². The molecule has 1 N–H and O–H groups in total. The molecule has 1 aliphatic heterocycles. The van der Waals surface area contributed by atoms with E-state index < -0.39 is 0 Å². The zero-order valence-corrected chi connectivity index (χ0v) is 9.89. The van der Waals surface area contributed by atoms with Crippen LogP contribution in [-0.2, 0) is 0 Å². The Morgan fingerprint density at radius 2 is 2.06 bits per heavy atom. The highest BCUT2D eigenvalue weighted by atomic mass is 16.5. The minimum absolute atomic E-state index is 0.198. The lowest BCUT2D eigenvalue weighted by atomic mass is 10.2.